The molecular weight excluding hydrogens is 266 g/mol. The number of amides is 1. The highest BCUT2D eigenvalue weighted by Crippen LogP contribution is 2.30. The molecule has 0 saturated carbocycles. The maximum atomic E-state index is 13.5. The van der Waals surface area contributed by atoms with Gasteiger partial charge < -0.3 is 10.0 Å². The van der Waals surface area contributed by atoms with E-state index in [-0.39, 0.29) is 13.1 Å². The maximum absolute atomic E-state index is 13.5. The van der Waals surface area contributed by atoms with Gasteiger partial charge in [0.05, 0.1) is 17.2 Å². The summed E-state index contributed by atoms with van der Waals surface area (Å²) in [5.74, 6) is -1.83. The quantitative estimate of drug-likeness (QED) is 0.798. The van der Waals surface area contributed by atoms with Gasteiger partial charge in [-0.05, 0) is 24.6 Å². The molecule has 0 bridgehead atoms. The number of carbonyl (C=O) groups excluding carboxylic acids is 1. The first kappa shape index (κ1) is 13.8. The molecule has 0 aliphatic carbocycles. The number of hydrogen-bond acceptors (Lipinski definition) is 2. The van der Waals surface area contributed by atoms with Gasteiger partial charge >= 0.3 is 6.18 Å². The van der Waals surface area contributed by atoms with Crippen LogP contribution in [0.1, 0.15) is 22.3 Å². The van der Waals surface area contributed by atoms with E-state index in [0.29, 0.717) is 24.6 Å². The average Bonchev–Trinajstić information content (AvgIpc) is 2.74. The number of nitrogens with zero attached hydrogens (tertiary/aromatic N) is 1. The number of likely N-dealkylation sites (tertiary alicyclic amines) is 1. The summed E-state index contributed by atoms with van der Waals surface area (Å²) < 4.78 is 51.0. The molecule has 1 aromatic rings. The Hall–Kier alpha value is -1.63. The molecule has 19 heavy (non-hydrogen) atoms. The van der Waals surface area contributed by atoms with Crippen molar-refractivity contribution in [2.75, 3.05) is 13.1 Å². The Labute approximate surface area is 106 Å². The van der Waals surface area contributed by atoms with Gasteiger partial charge in [0.15, 0.2) is 0 Å². The number of alkyl halides is 3. The number of β-amino-alcohol motifs (C(OH)–C–C–N with tert-alkyl or cyclic N) is 1. The van der Waals surface area contributed by atoms with Gasteiger partial charge in [0, 0.05) is 13.1 Å². The number of aliphatic hydroxyl groups excluding tert-OH is 1. The summed E-state index contributed by atoms with van der Waals surface area (Å²) in [6.45, 7) is 0.213. The van der Waals surface area contributed by atoms with E-state index < -0.39 is 35.1 Å². The highest BCUT2D eigenvalue weighted by atomic mass is 19.4. The fraction of sp³-hybridized carbons (Fsp3) is 0.417. The highest BCUT2D eigenvalue weighted by Gasteiger charge is 2.33. The van der Waals surface area contributed by atoms with Crippen molar-refractivity contribution in [2.24, 2.45) is 0 Å². The number of hydrogen-bond donors (Lipinski definition) is 1. The number of carbonyl (C=O) groups is 1. The third kappa shape index (κ3) is 2.86. The predicted molar refractivity (Wildman–Crippen MR) is 57.9 cm³/mol. The molecule has 0 aromatic heterocycles. The van der Waals surface area contributed by atoms with Crippen LogP contribution in [0.15, 0.2) is 18.2 Å². The molecule has 1 aliphatic rings. The molecule has 1 N–H and O–H groups in total. The zero-order chi connectivity index (χ0) is 14.2. The topological polar surface area (TPSA) is 40.5 Å². The van der Waals surface area contributed by atoms with Crippen molar-refractivity contribution in [1.29, 1.82) is 0 Å². The first-order valence-corrected chi connectivity index (χ1v) is 5.63. The van der Waals surface area contributed by atoms with Gasteiger partial charge in [-0.3, -0.25) is 4.79 Å². The Kier molecular flexibility index (Phi) is 3.49. The van der Waals surface area contributed by atoms with Crippen molar-refractivity contribution in [3.8, 4) is 0 Å². The van der Waals surface area contributed by atoms with Crippen molar-refractivity contribution in [3.05, 3.63) is 35.1 Å². The number of benzene rings is 1. The summed E-state index contributed by atoms with van der Waals surface area (Å²) in [6.07, 6.45) is -5.00. The average molecular weight is 277 g/mol. The second kappa shape index (κ2) is 4.80. The zero-order valence-electron chi connectivity index (χ0n) is 9.75. The van der Waals surface area contributed by atoms with Crippen molar-refractivity contribution >= 4 is 5.91 Å². The molecule has 3 nitrogen and oxygen atoms in total. The smallest absolute Gasteiger partial charge is 0.391 e. The van der Waals surface area contributed by atoms with Crippen molar-refractivity contribution in [2.45, 2.75) is 18.7 Å². The lowest BCUT2D eigenvalue weighted by atomic mass is 10.1. The van der Waals surface area contributed by atoms with E-state index in [0.717, 1.165) is 4.90 Å². The lowest BCUT2D eigenvalue weighted by molar-refractivity contribution is -0.137. The van der Waals surface area contributed by atoms with Crippen LogP contribution in [0.25, 0.3) is 0 Å². The van der Waals surface area contributed by atoms with Crippen LogP contribution in [0, 0.1) is 5.82 Å². The van der Waals surface area contributed by atoms with E-state index in [2.05, 4.69) is 0 Å². The van der Waals surface area contributed by atoms with Gasteiger partial charge in [0.2, 0.25) is 0 Å². The second-order valence-corrected chi connectivity index (χ2v) is 4.39. The zero-order valence-corrected chi connectivity index (χ0v) is 9.75. The van der Waals surface area contributed by atoms with Gasteiger partial charge in [-0.15, -0.1) is 0 Å². The SMILES string of the molecule is O=C(c1cc(C(F)(F)F)ccc1F)N1CC[C@@H](O)C1. The van der Waals surface area contributed by atoms with E-state index >= 15 is 0 Å². The standard InChI is InChI=1S/C12H11F4NO2/c13-10-2-1-7(12(14,15)16)5-9(10)11(19)17-4-3-8(18)6-17/h1-2,5,8,18H,3-4,6H2/t8-/m1/s1. The molecule has 1 aromatic carbocycles. The number of aliphatic hydroxyl groups is 1. The van der Waals surface area contributed by atoms with Gasteiger partial charge in [0.1, 0.15) is 5.82 Å². The second-order valence-electron chi connectivity index (χ2n) is 4.39. The van der Waals surface area contributed by atoms with Gasteiger partial charge in [-0.25, -0.2) is 4.39 Å². The first-order valence-electron chi connectivity index (χ1n) is 5.63. The minimum absolute atomic E-state index is 0.00845. The van der Waals surface area contributed by atoms with Crippen LogP contribution >= 0.6 is 0 Å². The molecule has 0 spiro atoms. The largest absolute Gasteiger partial charge is 0.416 e. The lowest BCUT2D eigenvalue weighted by Crippen LogP contribution is -2.30. The Morgan fingerprint density at radius 2 is 2.05 bits per heavy atom. The van der Waals surface area contributed by atoms with Crippen molar-refractivity contribution in [3.63, 3.8) is 0 Å². The highest BCUT2D eigenvalue weighted by molar-refractivity contribution is 5.95. The van der Waals surface area contributed by atoms with Crippen LogP contribution in [0.3, 0.4) is 0 Å². The van der Waals surface area contributed by atoms with Gasteiger partial charge in [-0.1, -0.05) is 0 Å². The van der Waals surface area contributed by atoms with E-state index in [1.807, 2.05) is 0 Å². The molecule has 1 saturated heterocycles. The summed E-state index contributed by atoms with van der Waals surface area (Å²) in [5, 5.41) is 9.28. The van der Waals surface area contributed by atoms with Crippen LogP contribution in [0.4, 0.5) is 17.6 Å². The summed E-state index contributed by atoms with van der Waals surface area (Å²) in [5.41, 5.74) is -1.69. The third-order valence-electron chi connectivity index (χ3n) is 2.97. The van der Waals surface area contributed by atoms with E-state index in [4.69, 9.17) is 0 Å². The molecule has 1 fully saturated rings. The Balaban J connectivity index is 2.31. The molecule has 1 atom stereocenters. The molecule has 7 heteroatoms. The van der Waals surface area contributed by atoms with E-state index in [1.165, 1.54) is 0 Å². The molecule has 0 radical (unpaired) electrons. The minimum atomic E-state index is -4.63. The van der Waals surface area contributed by atoms with Crippen molar-refractivity contribution in [1.82, 2.24) is 4.90 Å². The summed E-state index contributed by atoms with van der Waals surface area (Å²) in [7, 11) is 0. The van der Waals surface area contributed by atoms with Crippen LogP contribution in [-0.2, 0) is 6.18 Å². The normalized spacial score (nSPS) is 19.8. The molecule has 1 heterocycles. The molecule has 2 rings (SSSR count). The Morgan fingerprint density at radius 1 is 1.37 bits per heavy atom. The van der Waals surface area contributed by atoms with Gasteiger partial charge in [0.25, 0.3) is 5.91 Å². The van der Waals surface area contributed by atoms with Crippen LogP contribution in [-0.4, -0.2) is 35.1 Å². The van der Waals surface area contributed by atoms with Crippen LogP contribution in [0.5, 0.6) is 0 Å². The first-order chi connectivity index (χ1) is 8.79. The summed E-state index contributed by atoms with van der Waals surface area (Å²) in [6, 6.07) is 1.72. The Morgan fingerprint density at radius 3 is 2.58 bits per heavy atom. The molecule has 1 aliphatic heterocycles. The summed E-state index contributed by atoms with van der Waals surface area (Å²) in [4.78, 5) is 13.0. The minimum Gasteiger partial charge on any atom is -0.391 e. The van der Waals surface area contributed by atoms with E-state index in [9.17, 15) is 27.5 Å². The molecule has 1 amide bonds. The Bertz CT molecular complexity index is 501. The maximum Gasteiger partial charge on any atom is 0.416 e. The van der Waals surface area contributed by atoms with Crippen LogP contribution < -0.4 is 0 Å². The van der Waals surface area contributed by atoms with Crippen LogP contribution in [0.2, 0.25) is 0 Å². The fourth-order valence-corrected chi connectivity index (χ4v) is 1.96. The third-order valence-corrected chi connectivity index (χ3v) is 2.97. The molecular formula is C12H11F4NO2. The number of halogens is 4. The van der Waals surface area contributed by atoms with Gasteiger partial charge in [-0.2, -0.15) is 13.2 Å². The fourth-order valence-electron chi connectivity index (χ4n) is 1.96. The van der Waals surface area contributed by atoms with Crippen molar-refractivity contribution < 1.29 is 27.5 Å². The molecule has 104 valence electrons. The summed E-state index contributed by atoms with van der Waals surface area (Å²) >= 11 is 0. The number of rotatable bonds is 1. The van der Waals surface area contributed by atoms with E-state index in [1.54, 1.807) is 0 Å². The molecule has 0 unspecified atom stereocenters. The predicted octanol–water partition coefficient (Wildman–Crippen LogP) is 2.05. The monoisotopic (exact) mass is 277 g/mol. The lowest BCUT2D eigenvalue weighted by Gasteiger charge is -2.17.